The summed E-state index contributed by atoms with van der Waals surface area (Å²) >= 11 is 12.4. The predicted octanol–water partition coefficient (Wildman–Crippen LogP) is 5.36. The number of imidazole rings is 1. The van der Waals surface area contributed by atoms with Gasteiger partial charge in [0.25, 0.3) is 0 Å². The Morgan fingerprint density at radius 3 is 2.55 bits per heavy atom. The monoisotopic (exact) mass is 484 g/mol. The predicted molar refractivity (Wildman–Crippen MR) is 122 cm³/mol. The van der Waals surface area contributed by atoms with Crippen LogP contribution in [-0.4, -0.2) is 27.1 Å². The third kappa shape index (κ3) is 6.10. The lowest BCUT2D eigenvalue weighted by molar-refractivity contribution is -0.392. The van der Waals surface area contributed by atoms with Crippen molar-refractivity contribution in [1.29, 1.82) is 0 Å². The van der Waals surface area contributed by atoms with Crippen LogP contribution in [0.15, 0.2) is 48.7 Å². The Hall–Kier alpha value is -2.81. The number of ether oxygens (including phenoxy) is 1. The van der Waals surface area contributed by atoms with Crippen LogP contribution >= 0.6 is 35.6 Å². The van der Waals surface area contributed by atoms with E-state index in [0.29, 0.717) is 32.8 Å². The first-order valence-corrected chi connectivity index (χ1v) is 9.73. The van der Waals surface area contributed by atoms with E-state index in [1.807, 2.05) is 6.07 Å². The van der Waals surface area contributed by atoms with Gasteiger partial charge in [-0.2, -0.15) is 0 Å². The molecule has 0 saturated carbocycles. The van der Waals surface area contributed by atoms with Crippen molar-refractivity contribution < 1.29 is 14.5 Å². The Labute approximate surface area is 194 Å². The molecule has 0 saturated heterocycles. The average molecular weight is 486 g/mol. The minimum absolute atomic E-state index is 0. The maximum atomic E-state index is 12.3. The molecule has 11 heteroatoms. The summed E-state index contributed by atoms with van der Waals surface area (Å²) in [6, 6.07) is 12.4. The van der Waals surface area contributed by atoms with E-state index < -0.39 is 10.9 Å². The molecule has 0 radical (unpaired) electrons. The molecule has 0 spiro atoms. The van der Waals surface area contributed by atoms with Crippen LogP contribution in [0.3, 0.4) is 0 Å². The molecule has 0 aliphatic rings. The molecule has 0 atom stereocenters. The van der Waals surface area contributed by atoms with Crippen LogP contribution in [0, 0.1) is 17.0 Å². The van der Waals surface area contributed by atoms with Crippen molar-refractivity contribution in [2.24, 2.45) is 0 Å². The summed E-state index contributed by atoms with van der Waals surface area (Å²) in [5.74, 6) is -0.131. The van der Waals surface area contributed by atoms with E-state index in [1.165, 1.54) is 10.8 Å². The van der Waals surface area contributed by atoms with E-state index in [0.717, 1.165) is 0 Å². The number of aryl methyl sites for hydroxylation is 1. The van der Waals surface area contributed by atoms with Gasteiger partial charge in [-0.3, -0.25) is 4.79 Å². The average Bonchev–Trinajstić information content (AvgIpc) is 3.07. The number of nitro groups is 1. The van der Waals surface area contributed by atoms with Crippen molar-refractivity contribution in [2.75, 3.05) is 11.9 Å². The Morgan fingerprint density at radius 1 is 1.19 bits per heavy atom. The van der Waals surface area contributed by atoms with Gasteiger partial charge in [0.15, 0.2) is 5.82 Å². The molecule has 0 bridgehead atoms. The van der Waals surface area contributed by atoms with Crippen molar-refractivity contribution in [3.8, 4) is 0 Å². The Bertz CT molecular complexity index is 1070. The fraction of sp³-hybridized carbons (Fsp3) is 0.200. The SMILES string of the molecule is Cc1ncc([N+](=O)[O-])n1CCOC(=O)Cc1ccccc1Nc1c(Cl)cccc1Cl.Cl. The number of carbonyl (C=O) groups is 1. The third-order valence-corrected chi connectivity index (χ3v) is 5.00. The van der Waals surface area contributed by atoms with Crippen LogP contribution in [0.5, 0.6) is 0 Å². The van der Waals surface area contributed by atoms with Gasteiger partial charge in [-0.1, -0.05) is 47.5 Å². The van der Waals surface area contributed by atoms with Gasteiger partial charge in [0, 0.05) is 12.6 Å². The number of hydrogen-bond acceptors (Lipinski definition) is 6. The zero-order chi connectivity index (χ0) is 21.7. The number of hydrogen-bond donors (Lipinski definition) is 1. The molecule has 3 rings (SSSR count). The standard InChI is InChI=1S/C20H18Cl2N4O4.ClH/c1-13-23-12-18(26(28)29)25(13)9-10-30-19(27)11-14-5-2-3-8-17(14)24-20-15(21)6-4-7-16(20)22;/h2-8,12,24H,9-11H2,1H3;1H. The molecule has 164 valence electrons. The van der Waals surface area contributed by atoms with Gasteiger partial charge in [-0.05, 0) is 28.7 Å². The molecular formula is C20H19Cl3N4O4. The lowest BCUT2D eigenvalue weighted by Gasteiger charge is -2.14. The largest absolute Gasteiger partial charge is 0.461 e. The summed E-state index contributed by atoms with van der Waals surface area (Å²) < 4.78 is 6.66. The number of esters is 1. The van der Waals surface area contributed by atoms with Gasteiger partial charge < -0.3 is 20.2 Å². The fourth-order valence-electron chi connectivity index (χ4n) is 2.88. The molecule has 8 nitrogen and oxygen atoms in total. The van der Waals surface area contributed by atoms with Crippen molar-refractivity contribution >= 4 is 58.8 Å². The molecule has 0 amide bonds. The van der Waals surface area contributed by atoms with Crippen LogP contribution in [0.25, 0.3) is 0 Å². The second kappa shape index (κ2) is 11.0. The Balaban J connectivity index is 0.00000341. The number of aromatic nitrogens is 2. The molecule has 3 aromatic rings. The molecule has 1 N–H and O–H groups in total. The number of benzene rings is 2. The number of nitrogens with one attached hydrogen (secondary N) is 1. The zero-order valence-electron chi connectivity index (χ0n) is 16.4. The summed E-state index contributed by atoms with van der Waals surface area (Å²) in [6.45, 7) is 1.78. The van der Waals surface area contributed by atoms with Crippen molar-refractivity contribution in [2.45, 2.75) is 19.9 Å². The lowest BCUT2D eigenvalue weighted by Crippen LogP contribution is -2.15. The second-order valence-corrected chi connectivity index (χ2v) is 7.16. The first kappa shape index (κ1) is 24.5. The van der Waals surface area contributed by atoms with E-state index in [9.17, 15) is 14.9 Å². The van der Waals surface area contributed by atoms with Crippen LogP contribution in [0.1, 0.15) is 11.4 Å². The van der Waals surface area contributed by atoms with E-state index in [2.05, 4.69) is 10.3 Å². The molecule has 0 aliphatic heterocycles. The molecule has 1 heterocycles. The highest BCUT2D eigenvalue weighted by molar-refractivity contribution is 6.39. The van der Waals surface area contributed by atoms with Crippen LogP contribution in [0.2, 0.25) is 10.0 Å². The number of nitrogens with zero attached hydrogens (tertiary/aromatic N) is 3. The third-order valence-electron chi connectivity index (χ3n) is 4.37. The van der Waals surface area contributed by atoms with E-state index in [-0.39, 0.29) is 37.8 Å². The first-order valence-electron chi connectivity index (χ1n) is 8.98. The highest BCUT2D eigenvalue weighted by Crippen LogP contribution is 2.33. The van der Waals surface area contributed by atoms with Crippen LogP contribution in [0.4, 0.5) is 17.2 Å². The molecule has 0 aliphatic carbocycles. The molecule has 2 aromatic carbocycles. The number of rotatable bonds is 8. The molecular weight excluding hydrogens is 467 g/mol. The van der Waals surface area contributed by atoms with Crippen molar-refractivity contribution in [1.82, 2.24) is 9.55 Å². The zero-order valence-corrected chi connectivity index (χ0v) is 18.7. The summed E-state index contributed by atoms with van der Waals surface area (Å²) in [6.07, 6.45) is 1.19. The maximum Gasteiger partial charge on any atom is 0.342 e. The quantitative estimate of drug-likeness (QED) is 0.262. The van der Waals surface area contributed by atoms with E-state index >= 15 is 0 Å². The number of anilines is 2. The van der Waals surface area contributed by atoms with Crippen LogP contribution in [-0.2, 0) is 22.5 Å². The normalized spacial score (nSPS) is 10.3. The Morgan fingerprint density at radius 2 is 1.87 bits per heavy atom. The van der Waals surface area contributed by atoms with Gasteiger partial charge in [0.2, 0.25) is 0 Å². The fourth-order valence-corrected chi connectivity index (χ4v) is 3.38. The highest BCUT2D eigenvalue weighted by atomic mass is 35.5. The van der Waals surface area contributed by atoms with E-state index in [4.69, 9.17) is 27.9 Å². The molecule has 0 fully saturated rings. The van der Waals surface area contributed by atoms with Crippen molar-refractivity contribution in [3.63, 3.8) is 0 Å². The molecule has 0 unspecified atom stereocenters. The van der Waals surface area contributed by atoms with Gasteiger partial charge in [-0.15, -0.1) is 12.4 Å². The Kier molecular flexibility index (Phi) is 8.67. The number of para-hydroxylation sites is 2. The first-order chi connectivity index (χ1) is 14.4. The maximum absolute atomic E-state index is 12.3. The molecule has 1 aromatic heterocycles. The smallest absolute Gasteiger partial charge is 0.342 e. The van der Waals surface area contributed by atoms with Gasteiger partial charge in [-0.25, -0.2) is 9.55 Å². The second-order valence-electron chi connectivity index (χ2n) is 6.35. The summed E-state index contributed by atoms with van der Waals surface area (Å²) in [5.41, 5.74) is 1.92. The topological polar surface area (TPSA) is 99.3 Å². The summed E-state index contributed by atoms with van der Waals surface area (Å²) in [4.78, 5) is 26.7. The minimum Gasteiger partial charge on any atom is -0.461 e. The van der Waals surface area contributed by atoms with Crippen molar-refractivity contribution in [3.05, 3.63) is 80.2 Å². The minimum atomic E-state index is -0.524. The number of carbonyl (C=O) groups excluding carboxylic acids is 1. The van der Waals surface area contributed by atoms with Gasteiger partial charge in [0.1, 0.15) is 19.3 Å². The van der Waals surface area contributed by atoms with E-state index in [1.54, 1.807) is 43.3 Å². The molecule has 31 heavy (non-hydrogen) atoms. The highest BCUT2D eigenvalue weighted by Gasteiger charge is 2.18. The lowest BCUT2D eigenvalue weighted by atomic mass is 10.1. The summed E-state index contributed by atoms with van der Waals surface area (Å²) in [7, 11) is 0. The number of halogens is 3. The van der Waals surface area contributed by atoms with Gasteiger partial charge in [0.05, 0.1) is 22.2 Å². The summed E-state index contributed by atoms with van der Waals surface area (Å²) in [5, 5.41) is 15.1. The van der Waals surface area contributed by atoms with Gasteiger partial charge >= 0.3 is 11.8 Å². The van der Waals surface area contributed by atoms with Crippen LogP contribution < -0.4 is 5.32 Å².